The first-order chi connectivity index (χ1) is 17.1. The van der Waals surface area contributed by atoms with Crippen molar-refractivity contribution in [2.75, 3.05) is 13.1 Å². The Morgan fingerprint density at radius 3 is 2.66 bits per heavy atom. The van der Waals surface area contributed by atoms with E-state index < -0.39 is 6.04 Å². The monoisotopic (exact) mass is 474 g/mol. The Bertz CT molecular complexity index is 1150. The lowest BCUT2D eigenvalue weighted by Gasteiger charge is -2.48. The lowest BCUT2D eigenvalue weighted by molar-refractivity contribution is -0.136. The average Bonchev–Trinajstić information content (AvgIpc) is 3.15. The number of carbonyl (C=O) groups excluding carboxylic acids is 3. The summed E-state index contributed by atoms with van der Waals surface area (Å²) in [6, 6.07) is 11.6. The second-order valence-electron chi connectivity index (χ2n) is 10.1. The zero-order valence-electron chi connectivity index (χ0n) is 19.7. The number of aromatic nitrogens is 1. The van der Waals surface area contributed by atoms with Gasteiger partial charge in [0.1, 0.15) is 17.9 Å². The lowest BCUT2D eigenvalue weighted by atomic mass is 9.85. The van der Waals surface area contributed by atoms with Crippen molar-refractivity contribution < 1.29 is 19.1 Å². The third-order valence-corrected chi connectivity index (χ3v) is 7.93. The van der Waals surface area contributed by atoms with E-state index in [9.17, 15) is 14.4 Å². The molecule has 3 aliphatic heterocycles. The Labute approximate surface area is 204 Å². The van der Waals surface area contributed by atoms with Gasteiger partial charge in [0, 0.05) is 55.5 Å². The van der Waals surface area contributed by atoms with Crippen LogP contribution >= 0.6 is 0 Å². The first-order valence-electron chi connectivity index (χ1n) is 12.7. The van der Waals surface area contributed by atoms with Crippen molar-refractivity contribution in [1.29, 1.82) is 0 Å². The molecule has 8 nitrogen and oxygen atoms in total. The fourth-order valence-corrected chi connectivity index (χ4v) is 6.02. The van der Waals surface area contributed by atoms with Crippen molar-refractivity contribution >= 4 is 17.7 Å². The van der Waals surface area contributed by atoms with Gasteiger partial charge in [0.05, 0.1) is 0 Å². The van der Waals surface area contributed by atoms with Crippen LogP contribution < -0.4 is 10.1 Å². The third kappa shape index (κ3) is 4.20. The predicted octanol–water partition coefficient (Wildman–Crippen LogP) is 2.63. The highest BCUT2D eigenvalue weighted by molar-refractivity contribution is 6.05. The molecule has 1 unspecified atom stereocenters. The van der Waals surface area contributed by atoms with Crippen LogP contribution in [0.2, 0.25) is 0 Å². The summed E-state index contributed by atoms with van der Waals surface area (Å²) >= 11 is 0. The van der Waals surface area contributed by atoms with E-state index in [4.69, 9.17) is 4.74 Å². The van der Waals surface area contributed by atoms with Gasteiger partial charge in [-0.2, -0.15) is 0 Å². The standard InChI is InChI=1S/C27H30N4O4/c32-25-11-10-23(26(33)29-25)31-16-17-13-19(8-9-20(17)27(31)34)35-24-7-2-1-6-22(24)30-14-18(15-30)21-5-3-4-12-28-21/h3-5,8-9,12-13,18,22-24H,1-2,6-7,10-11,14-16H2,(H,29,32,33)/t22-,23?,24-/m1/s1. The second kappa shape index (κ2) is 9.07. The summed E-state index contributed by atoms with van der Waals surface area (Å²) < 4.78 is 6.53. The highest BCUT2D eigenvalue weighted by atomic mass is 16.5. The molecule has 1 saturated carbocycles. The van der Waals surface area contributed by atoms with Crippen LogP contribution in [0.5, 0.6) is 5.75 Å². The van der Waals surface area contributed by atoms with Crippen molar-refractivity contribution in [2.24, 2.45) is 0 Å². The van der Waals surface area contributed by atoms with Crippen LogP contribution in [0.3, 0.4) is 0 Å². The molecule has 8 heteroatoms. The van der Waals surface area contributed by atoms with Gasteiger partial charge in [0.25, 0.3) is 5.91 Å². The number of likely N-dealkylation sites (tertiary alicyclic amines) is 1. The maximum Gasteiger partial charge on any atom is 0.255 e. The van der Waals surface area contributed by atoms with E-state index in [-0.39, 0.29) is 30.2 Å². The van der Waals surface area contributed by atoms with Gasteiger partial charge in [-0.25, -0.2) is 0 Å². The minimum atomic E-state index is -0.599. The molecule has 35 heavy (non-hydrogen) atoms. The van der Waals surface area contributed by atoms with Gasteiger partial charge < -0.3 is 9.64 Å². The first-order valence-corrected chi connectivity index (χ1v) is 12.7. The van der Waals surface area contributed by atoms with Gasteiger partial charge in [-0.05, 0) is 61.6 Å². The van der Waals surface area contributed by atoms with Crippen molar-refractivity contribution in [3.05, 3.63) is 59.4 Å². The minimum Gasteiger partial charge on any atom is -0.489 e. The van der Waals surface area contributed by atoms with Crippen molar-refractivity contribution in [3.8, 4) is 5.75 Å². The molecule has 1 aromatic carbocycles. The van der Waals surface area contributed by atoms with Crippen LogP contribution in [0.1, 0.15) is 66.1 Å². The summed E-state index contributed by atoms with van der Waals surface area (Å²) in [4.78, 5) is 45.4. The number of fused-ring (bicyclic) bond motifs is 1. The molecule has 2 saturated heterocycles. The molecule has 0 spiro atoms. The van der Waals surface area contributed by atoms with Crippen LogP contribution in [0.4, 0.5) is 0 Å². The van der Waals surface area contributed by atoms with E-state index in [0.717, 1.165) is 43.7 Å². The molecule has 1 aliphatic carbocycles. The molecule has 4 aliphatic rings. The number of amides is 3. The number of hydrogen-bond acceptors (Lipinski definition) is 6. The fraction of sp³-hybridized carbons (Fsp3) is 0.481. The molecular formula is C27H30N4O4. The molecule has 6 rings (SSSR count). The van der Waals surface area contributed by atoms with E-state index in [0.29, 0.717) is 30.5 Å². The number of rotatable bonds is 5. The minimum absolute atomic E-state index is 0.120. The van der Waals surface area contributed by atoms with Gasteiger partial charge >= 0.3 is 0 Å². The number of hydrogen-bond donors (Lipinski definition) is 1. The van der Waals surface area contributed by atoms with Crippen molar-refractivity contribution in [1.82, 2.24) is 20.1 Å². The maximum absolute atomic E-state index is 13.0. The van der Waals surface area contributed by atoms with Gasteiger partial charge in [-0.1, -0.05) is 12.5 Å². The van der Waals surface area contributed by atoms with Gasteiger partial charge in [-0.15, -0.1) is 0 Å². The molecule has 182 valence electrons. The predicted molar refractivity (Wildman–Crippen MR) is 128 cm³/mol. The van der Waals surface area contributed by atoms with E-state index >= 15 is 0 Å². The molecule has 3 fully saturated rings. The molecule has 3 amide bonds. The number of ether oxygens (including phenoxy) is 1. The molecule has 2 aromatic rings. The third-order valence-electron chi connectivity index (χ3n) is 7.93. The van der Waals surface area contributed by atoms with Gasteiger partial charge in [0.2, 0.25) is 11.8 Å². The highest BCUT2D eigenvalue weighted by Gasteiger charge is 2.41. The zero-order valence-corrected chi connectivity index (χ0v) is 19.7. The number of pyridine rings is 1. The maximum atomic E-state index is 13.0. The number of benzene rings is 1. The van der Waals surface area contributed by atoms with E-state index in [1.165, 1.54) is 12.1 Å². The number of carbonyl (C=O) groups is 3. The Kier molecular flexibility index (Phi) is 5.76. The largest absolute Gasteiger partial charge is 0.489 e. The number of nitrogens with one attached hydrogen (secondary N) is 1. The van der Waals surface area contributed by atoms with Gasteiger partial charge in [0.15, 0.2) is 0 Å². The SMILES string of the molecule is O=C1CCC(N2Cc3cc(O[C@@H]4CCCC[C@H]4N4CC(c5ccccn5)C4)ccc3C2=O)C(=O)N1. The Morgan fingerprint density at radius 1 is 1.00 bits per heavy atom. The Morgan fingerprint density at radius 2 is 1.86 bits per heavy atom. The van der Waals surface area contributed by atoms with E-state index in [1.807, 2.05) is 30.5 Å². The lowest BCUT2D eigenvalue weighted by Crippen LogP contribution is -2.57. The summed E-state index contributed by atoms with van der Waals surface area (Å²) in [5.74, 6) is 0.449. The highest BCUT2D eigenvalue weighted by Crippen LogP contribution is 2.36. The van der Waals surface area contributed by atoms with E-state index in [2.05, 4.69) is 27.3 Å². The summed E-state index contributed by atoms with van der Waals surface area (Å²) in [5.41, 5.74) is 2.66. The number of imide groups is 1. The normalized spacial score (nSPS) is 27.4. The summed E-state index contributed by atoms with van der Waals surface area (Å²) in [6.45, 7) is 2.39. The Balaban J connectivity index is 1.12. The zero-order chi connectivity index (χ0) is 23.9. The number of nitrogens with zero attached hydrogens (tertiary/aromatic N) is 3. The van der Waals surface area contributed by atoms with Crippen molar-refractivity contribution in [2.45, 2.75) is 69.2 Å². The molecule has 0 radical (unpaired) electrons. The van der Waals surface area contributed by atoms with E-state index in [1.54, 1.807) is 4.90 Å². The van der Waals surface area contributed by atoms with Crippen LogP contribution in [0.15, 0.2) is 42.6 Å². The van der Waals surface area contributed by atoms with Gasteiger partial charge in [-0.3, -0.25) is 29.6 Å². The van der Waals surface area contributed by atoms with Crippen LogP contribution in [0.25, 0.3) is 0 Å². The molecule has 0 bridgehead atoms. The van der Waals surface area contributed by atoms with Crippen LogP contribution in [-0.4, -0.2) is 63.8 Å². The molecule has 3 atom stereocenters. The first kappa shape index (κ1) is 22.2. The smallest absolute Gasteiger partial charge is 0.255 e. The molecule has 1 aromatic heterocycles. The molecule has 1 N–H and O–H groups in total. The summed E-state index contributed by atoms with van der Waals surface area (Å²) in [6.07, 6.45) is 7.14. The van der Waals surface area contributed by atoms with Crippen molar-refractivity contribution in [3.63, 3.8) is 0 Å². The summed E-state index contributed by atoms with van der Waals surface area (Å²) in [5, 5.41) is 2.35. The Hall–Kier alpha value is -3.26. The van der Waals surface area contributed by atoms with Crippen LogP contribution in [-0.2, 0) is 16.1 Å². The molecular weight excluding hydrogens is 444 g/mol. The number of piperidine rings is 1. The topological polar surface area (TPSA) is 91.8 Å². The van der Waals surface area contributed by atoms with Crippen LogP contribution in [0, 0.1) is 0 Å². The quantitative estimate of drug-likeness (QED) is 0.670. The summed E-state index contributed by atoms with van der Waals surface area (Å²) in [7, 11) is 0. The molecule has 4 heterocycles. The second-order valence-corrected chi connectivity index (χ2v) is 10.1. The fourth-order valence-electron chi connectivity index (χ4n) is 6.02. The average molecular weight is 475 g/mol.